The summed E-state index contributed by atoms with van der Waals surface area (Å²) >= 11 is 0. The molecule has 1 heterocycles. The van der Waals surface area contributed by atoms with Crippen molar-refractivity contribution in [3.8, 4) is 0 Å². The van der Waals surface area contributed by atoms with E-state index in [4.69, 9.17) is 0 Å². The molecule has 0 spiro atoms. The first kappa shape index (κ1) is 12.2. The molecule has 102 valence electrons. The Labute approximate surface area is 110 Å². The van der Waals surface area contributed by atoms with Crippen LogP contribution in [0.1, 0.15) is 32.1 Å². The number of carboxylic acid groups (broad SMARTS) is 1. The highest BCUT2D eigenvalue weighted by Crippen LogP contribution is 2.61. The highest BCUT2D eigenvalue weighted by atomic mass is 16.4. The number of rotatable bonds is 3. The summed E-state index contributed by atoms with van der Waals surface area (Å²) < 4.78 is 1.62. The van der Waals surface area contributed by atoms with E-state index in [1.165, 1.54) is 0 Å². The van der Waals surface area contributed by atoms with Gasteiger partial charge in [0.05, 0.1) is 22.7 Å². The predicted molar refractivity (Wildman–Crippen MR) is 67.4 cm³/mol. The lowest BCUT2D eigenvalue weighted by molar-refractivity contribution is -0.148. The van der Waals surface area contributed by atoms with Crippen LogP contribution in [-0.2, 0) is 16.6 Å². The van der Waals surface area contributed by atoms with E-state index < -0.39 is 16.8 Å². The number of fused-ring (bicyclic) bond motifs is 2. The number of aromatic nitrogens is 2. The average Bonchev–Trinajstić information content (AvgIpc) is 3.04. The van der Waals surface area contributed by atoms with Gasteiger partial charge in [-0.15, -0.1) is 0 Å². The molecule has 19 heavy (non-hydrogen) atoms. The van der Waals surface area contributed by atoms with Gasteiger partial charge in [0.25, 0.3) is 0 Å². The lowest BCUT2D eigenvalue weighted by Crippen LogP contribution is -2.32. The molecule has 1 aromatic heterocycles. The van der Waals surface area contributed by atoms with Crippen LogP contribution in [0.25, 0.3) is 0 Å². The van der Waals surface area contributed by atoms with Crippen LogP contribution in [0.2, 0.25) is 0 Å². The number of hydrogen-bond donors (Lipinski definition) is 2. The maximum atomic E-state index is 12.4. The molecule has 0 aliphatic heterocycles. The second kappa shape index (κ2) is 3.82. The molecule has 1 amide bonds. The number of nitrogens with zero attached hydrogens (tertiary/aromatic N) is 2. The van der Waals surface area contributed by atoms with Crippen LogP contribution in [-0.4, -0.2) is 26.8 Å². The molecule has 0 atom stereocenters. The third-order valence-electron chi connectivity index (χ3n) is 4.74. The largest absolute Gasteiger partial charge is 0.481 e. The number of aryl methyl sites for hydroxylation is 1. The van der Waals surface area contributed by atoms with Crippen LogP contribution in [0.4, 0.5) is 5.69 Å². The minimum atomic E-state index is -0.749. The monoisotopic (exact) mass is 263 g/mol. The van der Waals surface area contributed by atoms with Gasteiger partial charge in [0.15, 0.2) is 0 Å². The topological polar surface area (TPSA) is 84.2 Å². The number of aliphatic carboxylic acids is 1. The highest BCUT2D eigenvalue weighted by molar-refractivity contribution is 5.97. The van der Waals surface area contributed by atoms with Gasteiger partial charge < -0.3 is 10.4 Å². The van der Waals surface area contributed by atoms with Crippen LogP contribution in [0.15, 0.2) is 12.4 Å². The molecule has 6 heteroatoms. The molecule has 6 nitrogen and oxygen atoms in total. The van der Waals surface area contributed by atoms with E-state index in [1.807, 2.05) is 0 Å². The number of nitrogens with one attached hydrogen (secondary N) is 1. The third-order valence-corrected chi connectivity index (χ3v) is 4.74. The van der Waals surface area contributed by atoms with E-state index in [2.05, 4.69) is 10.4 Å². The smallest absolute Gasteiger partial charge is 0.309 e. The fraction of sp³-hybridized carbons (Fsp3) is 0.615. The molecule has 2 bridgehead atoms. The molecule has 0 saturated heterocycles. The molecule has 0 radical (unpaired) electrons. The summed E-state index contributed by atoms with van der Waals surface area (Å²) in [6, 6.07) is 0. The summed E-state index contributed by atoms with van der Waals surface area (Å²) in [6.45, 7) is 0. The first-order valence-corrected chi connectivity index (χ1v) is 6.49. The zero-order valence-electron chi connectivity index (χ0n) is 10.8. The third kappa shape index (κ3) is 1.74. The van der Waals surface area contributed by atoms with Crippen molar-refractivity contribution in [1.29, 1.82) is 0 Å². The van der Waals surface area contributed by atoms with Crippen LogP contribution in [0.3, 0.4) is 0 Å². The minimum absolute atomic E-state index is 0.0545. The summed E-state index contributed by atoms with van der Waals surface area (Å²) in [5, 5.41) is 16.2. The minimum Gasteiger partial charge on any atom is -0.481 e. The Morgan fingerprint density at radius 1 is 1.32 bits per heavy atom. The standard InChI is InChI=1S/C13H17N3O3/c1-16-7-9(6-14-16)15-10(17)12-2-4-13(8-12,5-3-12)11(18)19/h6-7H,2-5,8H2,1H3,(H,15,17)(H,18,19). The van der Waals surface area contributed by atoms with Gasteiger partial charge >= 0.3 is 5.97 Å². The Morgan fingerprint density at radius 2 is 1.95 bits per heavy atom. The Morgan fingerprint density at radius 3 is 2.42 bits per heavy atom. The fourth-order valence-electron chi connectivity index (χ4n) is 3.55. The Hall–Kier alpha value is -1.85. The van der Waals surface area contributed by atoms with Crippen molar-refractivity contribution in [3.05, 3.63) is 12.4 Å². The lowest BCUT2D eigenvalue weighted by Gasteiger charge is -2.25. The molecule has 1 aromatic rings. The first-order chi connectivity index (χ1) is 8.96. The van der Waals surface area contributed by atoms with Gasteiger partial charge in [-0.05, 0) is 32.1 Å². The van der Waals surface area contributed by atoms with Crippen molar-refractivity contribution in [2.75, 3.05) is 5.32 Å². The second-order valence-electron chi connectivity index (χ2n) is 5.90. The molecular formula is C13H17N3O3. The summed E-state index contributed by atoms with van der Waals surface area (Å²) in [4.78, 5) is 23.8. The Bertz CT molecular complexity index is 541. The molecule has 2 aliphatic carbocycles. The number of carbonyl (C=O) groups excluding carboxylic acids is 1. The van der Waals surface area contributed by atoms with Crippen LogP contribution in [0.5, 0.6) is 0 Å². The van der Waals surface area contributed by atoms with Crippen molar-refractivity contribution in [1.82, 2.24) is 9.78 Å². The zero-order chi connectivity index (χ0) is 13.7. The lowest BCUT2D eigenvalue weighted by atomic mass is 9.81. The van der Waals surface area contributed by atoms with Crippen LogP contribution < -0.4 is 5.32 Å². The van der Waals surface area contributed by atoms with Gasteiger partial charge in [-0.3, -0.25) is 14.3 Å². The maximum Gasteiger partial charge on any atom is 0.309 e. The average molecular weight is 263 g/mol. The van der Waals surface area contributed by atoms with Gasteiger partial charge in [0, 0.05) is 13.2 Å². The van der Waals surface area contributed by atoms with E-state index in [9.17, 15) is 14.7 Å². The van der Waals surface area contributed by atoms with E-state index in [0.29, 0.717) is 37.8 Å². The van der Waals surface area contributed by atoms with Gasteiger partial charge in [0.2, 0.25) is 5.91 Å². The summed E-state index contributed by atoms with van der Waals surface area (Å²) in [5.41, 5.74) is -0.484. The van der Waals surface area contributed by atoms with Crippen molar-refractivity contribution >= 4 is 17.6 Å². The van der Waals surface area contributed by atoms with Crippen LogP contribution in [0, 0.1) is 10.8 Å². The molecule has 2 aliphatic rings. The second-order valence-corrected chi connectivity index (χ2v) is 5.90. The Kier molecular flexibility index (Phi) is 2.45. The molecule has 0 unspecified atom stereocenters. The van der Waals surface area contributed by atoms with Gasteiger partial charge in [0.1, 0.15) is 0 Å². The summed E-state index contributed by atoms with van der Waals surface area (Å²) in [7, 11) is 1.79. The zero-order valence-corrected chi connectivity index (χ0v) is 10.8. The van der Waals surface area contributed by atoms with Gasteiger partial charge in [-0.1, -0.05) is 0 Å². The summed E-state index contributed by atoms with van der Waals surface area (Å²) in [6.07, 6.45) is 6.38. The molecule has 0 aromatic carbocycles. The van der Waals surface area contributed by atoms with Crippen molar-refractivity contribution in [3.63, 3.8) is 0 Å². The van der Waals surface area contributed by atoms with E-state index in [-0.39, 0.29) is 5.91 Å². The number of carboxylic acids is 1. The van der Waals surface area contributed by atoms with E-state index in [1.54, 1.807) is 24.1 Å². The van der Waals surface area contributed by atoms with E-state index in [0.717, 1.165) is 0 Å². The fourth-order valence-corrected chi connectivity index (χ4v) is 3.55. The molecule has 3 rings (SSSR count). The van der Waals surface area contributed by atoms with Crippen molar-refractivity contribution in [2.24, 2.45) is 17.9 Å². The summed E-state index contributed by atoms with van der Waals surface area (Å²) in [5.74, 6) is -0.804. The number of carbonyl (C=O) groups is 2. The van der Waals surface area contributed by atoms with Crippen molar-refractivity contribution in [2.45, 2.75) is 32.1 Å². The van der Waals surface area contributed by atoms with Gasteiger partial charge in [-0.25, -0.2) is 0 Å². The normalized spacial score (nSPS) is 32.5. The van der Waals surface area contributed by atoms with Gasteiger partial charge in [-0.2, -0.15) is 5.10 Å². The highest BCUT2D eigenvalue weighted by Gasteiger charge is 2.61. The SMILES string of the molecule is Cn1cc(NC(=O)C23CCC(C(=O)O)(CC2)C3)cn1. The quantitative estimate of drug-likeness (QED) is 0.863. The van der Waals surface area contributed by atoms with Crippen LogP contribution >= 0.6 is 0 Å². The number of hydrogen-bond acceptors (Lipinski definition) is 3. The predicted octanol–water partition coefficient (Wildman–Crippen LogP) is 1.39. The first-order valence-electron chi connectivity index (χ1n) is 6.49. The number of amides is 1. The molecular weight excluding hydrogens is 246 g/mol. The van der Waals surface area contributed by atoms with E-state index >= 15 is 0 Å². The molecule has 2 N–H and O–H groups in total. The molecule has 2 fully saturated rings. The maximum absolute atomic E-state index is 12.4. The van der Waals surface area contributed by atoms with Crippen molar-refractivity contribution < 1.29 is 14.7 Å². The Balaban J connectivity index is 1.77. The molecule has 2 saturated carbocycles. The number of anilines is 1.